The van der Waals surface area contributed by atoms with E-state index in [0.29, 0.717) is 6.10 Å². The van der Waals surface area contributed by atoms with E-state index in [-0.39, 0.29) is 11.3 Å². The summed E-state index contributed by atoms with van der Waals surface area (Å²) in [6.45, 7) is 1.74. The van der Waals surface area contributed by atoms with Crippen molar-refractivity contribution in [2.75, 3.05) is 20.2 Å². The molecular weight excluding hydrogens is 306 g/mol. The molecule has 2 aliphatic rings. The van der Waals surface area contributed by atoms with Gasteiger partial charge in [0.05, 0.1) is 11.0 Å². The average molecular weight is 329 g/mol. The minimum atomic E-state index is 0.194. The van der Waals surface area contributed by atoms with Gasteiger partial charge in [-0.2, -0.15) is 0 Å². The lowest BCUT2D eigenvalue weighted by molar-refractivity contribution is -0.0294. The van der Waals surface area contributed by atoms with Crippen molar-refractivity contribution >= 4 is 27.3 Å². The van der Waals surface area contributed by atoms with Crippen LogP contribution < -0.4 is 0 Å². The van der Waals surface area contributed by atoms with E-state index in [9.17, 15) is 4.79 Å². The molecule has 1 saturated heterocycles. The van der Waals surface area contributed by atoms with Gasteiger partial charge in [0.25, 0.3) is 5.91 Å². The number of fused-ring (bicyclic) bond motifs is 1. The first kappa shape index (κ1) is 15.2. The van der Waals surface area contributed by atoms with Gasteiger partial charge in [0.2, 0.25) is 0 Å². The highest BCUT2D eigenvalue weighted by Crippen LogP contribution is 2.46. The Morgan fingerprint density at radius 2 is 2.13 bits per heavy atom. The van der Waals surface area contributed by atoms with Crippen molar-refractivity contribution in [1.29, 1.82) is 0 Å². The molecule has 0 radical (unpaired) electrons. The monoisotopic (exact) mass is 329 g/mol. The molecule has 1 aromatic heterocycles. The van der Waals surface area contributed by atoms with Crippen molar-refractivity contribution in [2.24, 2.45) is 5.41 Å². The van der Waals surface area contributed by atoms with Gasteiger partial charge in [0.1, 0.15) is 0 Å². The number of carbonyl (C=O) groups is 1. The fourth-order valence-corrected chi connectivity index (χ4v) is 5.55. The largest absolute Gasteiger partial charge is 0.381 e. The van der Waals surface area contributed by atoms with Gasteiger partial charge >= 0.3 is 0 Å². The Balaban J connectivity index is 1.58. The van der Waals surface area contributed by atoms with Gasteiger partial charge in [-0.1, -0.05) is 24.6 Å². The quantitative estimate of drug-likeness (QED) is 0.821. The summed E-state index contributed by atoms with van der Waals surface area (Å²) < 4.78 is 6.94. The van der Waals surface area contributed by atoms with E-state index < -0.39 is 0 Å². The Morgan fingerprint density at radius 1 is 1.30 bits per heavy atom. The zero-order valence-corrected chi connectivity index (χ0v) is 14.4. The second-order valence-corrected chi connectivity index (χ2v) is 8.04. The van der Waals surface area contributed by atoms with Gasteiger partial charge in [-0.15, -0.1) is 11.3 Å². The summed E-state index contributed by atoms with van der Waals surface area (Å²) in [6.07, 6.45) is 6.17. The smallest absolute Gasteiger partial charge is 0.263 e. The normalized spacial score (nSPS) is 27.9. The Labute approximate surface area is 141 Å². The van der Waals surface area contributed by atoms with Crippen LogP contribution in [0.25, 0.3) is 10.1 Å². The van der Waals surface area contributed by atoms with E-state index in [4.69, 9.17) is 4.74 Å². The van der Waals surface area contributed by atoms with Crippen LogP contribution in [0.2, 0.25) is 0 Å². The molecule has 0 bridgehead atoms. The Hall–Kier alpha value is -1.39. The number of methoxy groups -OCH3 is 1. The summed E-state index contributed by atoms with van der Waals surface area (Å²) in [4.78, 5) is 15.9. The number of thiophene rings is 1. The van der Waals surface area contributed by atoms with E-state index in [2.05, 4.69) is 17.0 Å². The zero-order chi connectivity index (χ0) is 15.9. The second kappa shape index (κ2) is 5.91. The SMILES string of the molecule is CO[C@@H]1CCC[C@@]12CCCN(C(=O)c1cc3ccccc3s1)C2. The molecule has 1 aliphatic carbocycles. The number of piperidine rings is 1. The predicted octanol–water partition coefficient (Wildman–Crippen LogP) is 4.32. The lowest BCUT2D eigenvalue weighted by Crippen LogP contribution is -2.49. The molecule has 1 saturated carbocycles. The van der Waals surface area contributed by atoms with Crippen molar-refractivity contribution in [1.82, 2.24) is 4.90 Å². The molecule has 3 nitrogen and oxygen atoms in total. The summed E-state index contributed by atoms with van der Waals surface area (Å²) >= 11 is 1.61. The van der Waals surface area contributed by atoms with Gasteiger partial charge in [-0.3, -0.25) is 4.79 Å². The van der Waals surface area contributed by atoms with E-state index in [0.717, 1.165) is 30.8 Å². The first-order valence-corrected chi connectivity index (χ1v) is 9.34. The molecule has 2 atom stereocenters. The van der Waals surface area contributed by atoms with Crippen LogP contribution in [0.4, 0.5) is 0 Å². The number of nitrogens with zero attached hydrogens (tertiary/aromatic N) is 1. The van der Waals surface area contributed by atoms with Crippen LogP contribution in [0.5, 0.6) is 0 Å². The average Bonchev–Trinajstić information content (AvgIpc) is 3.18. The van der Waals surface area contributed by atoms with E-state index in [1.165, 1.54) is 29.3 Å². The van der Waals surface area contributed by atoms with E-state index >= 15 is 0 Å². The number of carbonyl (C=O) groups excluding carboxylic acids is 1. The van der Waals surface area contributed by atoms with Gasteiger partial charge in [0, 0.05) is 30.3 Å². The van der Waals surface area contributed by atoms with Crippen LogP contribution in [0.3, 0.4) is 0 Å². The van der Waals surface area contributed by atoms with Gasteiger partial charge < -0.3 is 9.64 Å². The molecule has 4 heteroatoms. The molecule has 23 heavy (non-hydrogen) atoms. The topological polar surface area (TPSA) is 29.5 Å². The summed E-state index contributed by atoms with van der Waals surface area (Å²) in [5, 5.41) is 1.17. The minimum absolute atomic E-state index is 0.194. The summed E-state index contributed by atoms with van der Waals surface area (Å²) in [6, 6.07) is 10.3. The third kappa shape index (κ3) is 2.58. The van der Waals surface area contributed by atoms with Crippen molar-refractivity contribution in [3.63, 3.8) is 0 Å². The van der Waals surface area contributed by atoms with Gasteiger partial charge in [-0.05, 0) is 43.2 Å². The Kier molecular flexibility index (Phi) is 3.90. The van der Waals surface area contributed by atoms with Crippen LogP contribution in [0.1, 0.15) is 41.8 Å². The molecule has 1 aliphatic heterocycles. The maximum Gasteiger partial charge on any atom is 0.263 e. The number of rotatable bonds is 2. The number of ether oxygens (including phenoxy) is 1. The lowest BCUT2D eigenvalue weighted by Gasteiger charge is -2.43. The number of benzene rings is 1. The molecule has 122 valence electrons. The van der Waals surface area contributed by atoms with E-state index in [1.807, 2.05) is 25.3 Å². The van der Waals surface area contributed by atoms with Crippen LogP contribution in [0.15, 0.2) is 30.3 Å². The van der Waals surface area contributed by atoms with Crippen LogP contribution >= 0.6 is 11.3 Å². The zero-order valence-electron chi connectivity index (χ0n) is 13.6. The van der Waals surface area contributed by atoms with Crippen molar-refractivity contribution in [3.8, 4) is 0 Å². The van der Waals surface area contributed by atoms with Crippen LogP contribution in [-0.4, -0.2) is 37.1 Å². The summed E-state index contributed by atoms with van der Waals surface area (Å²) in [7, 11) is 1.82. The maximum atomic E-state index is 13.0. The molecular formula is C19H23NO2S. The predicted molar refractivity (Wildman–Crippen MR) is 94.0 cm³/mol. The number of likely N-dealkylation sites (tertiary alicyclic amines) is 1. The van der Waals surface area contributed by atoms with Gasteiger partial charge in [0.15, 0.2) is 0 Å². The van der Waals surface area contributed by atoms with Gasteiger partial charge in [-0.25, -0.2) is 0 Å². The Morgan fingerprint density at radius 3 is 2.96 bits per heavy atom. The number of hydrogen-bond donors (Lipinski definition) is 0. The lowest BCUT2D eigenvalue weighted by atomic mass is 9.76. The highest BCUT2D eigenvalue weighted by Gasteiger charge is 2.46. The third-order valence-corrected chi connectivity index (χ3v) is 6.74. The third-order valence-electron chi connectivity index (χ3n) is 5.64. The highest BCUT2D eigenvalue weighted by atomic mass is 32.1. The fraction of sp³-hybridized carbons (Fsp3) is 0.526. The molecule has 2 fully saturated rings. The van der Waals surface area contributed by atoms with Crippen LogP contribution in [0, 0.1) is 5.41 Å². The highest BCUT2D eigenvalue weighted by molar-refractivity contribution is 7.20. The summed E-state index contributed by atoms with van der Waals surface area (Å²) in [5.74, 6) is 0.201. The second-order valence-electron chi connectivity index (χ2n) is 6.96. The molecule has 0 N–H and O–H groups in total. The van der Waals surface area contributed by atoms with Crippen molar-refractivity contribution < 1.29 is 9.53 Å². The number of hydrogen-bond acceptors (Lipinski definition) is 3. The Bertz CT molecular complexity index is 692. The molecule has 1 amide bonds. The first-order chi connectivity index (χ1) is 11.2. The molecule has 1 aromatic carbocycles. The maximum absolute atomic E-state index is 13.0. The fourth-order valence-electron chi connectivity index (χ4n) is 4.52. The van der Waals surface area contributed by atoms with Crippen molar-refractivity contribution in [2.45, 2.75) is 38.2 Å². The first-order valence-electron chi connectivity index (χ1n) is 8.52. The summed E-state index contributed by atoms with van der Waals surface area (Å²) in [5.41, 5.74) is 0.194. The van der Waals surface area contributed by atoms with Crippen molar-refractivity contribution in [3.05, 3.63) is 35.2 Å². The molecule has 2 heterocycles. The minimum Gasteiger partial charge on any atom is -0.381 e. The number of amides is 1. The molecule has 2 aromatic rings. The standard InChI is InChI=1S/C19H23NO2S/c1-22-17-8-4-9-19(17)10-5-11-20(13-19)18(21)16-12-14-6-2-3-7-15(14)23-16/h2-3,6-7,12,17H,4-5,8-11,13H2,1H3/t17-,19+/m1/s1. The van der Waals surface area contributed by atoms with E-state index in [1.54, 1.807) is 11.3 Å². The molecule has 1 spiro atoms. The van der Waals surface area contributed by atoms with Crippen LogP contribution in [-0.2, 0) is 4.74 Å². The molecule has 4 rings (SSSR count). The molecule has 0 unspecified atom stereocenters.